The first-order valence-electron chi connectivity index (χ1n) is 13.2. The molecule has 2 bridgehead atoms. The Balaban J connectivity index is 1.51. The van der Waals surface area contributed by atoms with Gasteiger partial charge in [-0.2, -0.15) is 0 Å². The Bertz CT molecular complexity index is 792. The van der Waals surface area contributed by atoms with Gasteiger partial charge in [0.25, 0.3) is 0 Å². The Labute approximate surface area is 202 Å². The van der Waals surface area contributed by atoms with Crippen LogP contribution in [-0.4, -0.2) is 46.3 Å². The van der Waals surface area contributed by atoms with Crippen molar-refractivity contribution >= 4 is 8.32 Å². The van der Waals surface area contributed by atoms with E-state index < -0.39 is 8.32 Å². The minimum atomic E-state index is -1.98. The molecule has 0 unspecified atom stereocenters. The van der Waals surface area contributed by atoms with Crippen molar-refractivity contribution in [2.45, 2.75) is 115 Å². The maximum atomic E-state index is 7.28. The fourth-order valence-electron chi connectivity index (χ4n) is 8.30. The van der Waals surface area contributed by atoms with Crippen LogP contribution in [0.1, 0.15) is 73.1 Å². The van der Waals surface area contributed by atoms with Crippen LogP contribution in [0.15, 0.2) is 12.3 Å². The third-order valence-corrected chi connectivity index (χ3v) is 15.6. The number of rotatable bonds is 5. The van der Waals surface area contributed by atoms with E-state index in [0.29, 0.717) is 30.7 Å². The summed E-state index contributed by atoms with van der Waals surface area (Å²) >= 11 is 0. The summed E-state index contributed by atoms with van der Waals surface area (Å²) in [5.74, 6) is 1.94. The van der Waals surface area contributed by atoms with E-state index in [4.69, 9.17) is 23.4 Å². The normalized spacial score (nSPS) is 48.7. The van der Waals surface area contributed by atoms with E-state index in [9.17, 15) is 0 Å². The lowest BCUT2D eigenvalue weighted by Gasteiger charge is -2.62. The molecule has 3 aliphatic carbocycles. The second-order valence-electron chi connectivity index (χ2n) is 13.6. The van der Waals surface area contributed by atoms with Crippen molar-refractivity contribution in [1.82, 2.24) is 0 Å². The molecule has 5 aliphatic rings. The van der Waals surface area contributed by atoms with Crippen LogP contribution in [0.5, 0.6) is 0 Å². The van der Waals surface area contributed by atoms with Crippen LogP contribution >= 0.6 is 0 Å². The average molecular weight is 479 g/mol. The lowest BCUT2D eigenvalue weighted by atomic mass is 9.45. The quantitative estimate of drug-likeness (QED) is 0.345. The summed E-state index contributed by atoms with van der Waals surface area (Å²) in [5, 5.41) is 0.164. The lowest BCUT2D eigenvalue weighted by molar-refractivity contribution is -0.229. The van der Waals surface area contributed by atoms with E-state index in [-0.39, 0.29) is 33.9 Å². The van der Waals surface area contributed by atoms with Crippen LogP contribution < -0.4 is 0 Å². The summed E-state index contributed by atoms with van der Waals surface area (Å²) in [7, 11) is -0.256. The van der Waals surface area contributed by atoms with Gasteiger partial charge in [0.2, 0.25) is 6.29 Å². The third-order valence-electron chi connectivity index (χ3n) is 11.1. The molecule has 2 heterocycles. The minimum absolute atomic E-state index is 0.0351. The molecule has 33 heavy (non-hydrogen) atoms. The molecule has 5 nitrogen and oxygen atoms in total. The van der Waals surface area contributed by atoms with Gasteiger partial charge in [-0.05, 0) is 79.5 Å². The van der Waals surface area contributed by atoms with Gasteiger partial charge in [-0.25, -0.2) is 0 Å². The van der Waals surface area contributed by atoms with Crippen molar-refractivity contribution in [3.05, 3.63) is 12.3 Å². The minimum Gasteiger partial charge on any atom is -0.473 e. The highest BCUT2D eigenvalue weighted by Crippen LogP contribution is 2.70. The van der Waals surface area contributed by atoms with E-state index in [1.807, 2.05) is 6.26 Å². The van der Waals surface area contributed by atoms with Gasteiger partial charge in [0.1, 0.15) is 12.4 Å². The van der Waals surface area contributed by atoms with Crippen LogP contribution in [0.2, 0.25) is 18.1 Å². The second-order valence-corrected chi connectivity index (χ2v) is 18.3. The van der Waals surface area contributed by atoms with E-state index in [0.717, 1.165) is 19.3 Å². The maximum absolute atomic E-state index is 7.28. The van der Waals surface area contributed by atoms with Gasteiger partial charge in [-0.3, -0.25) is 0 Å². The SMILES string of the molecule is COCO[C@H]1CC[C@H]2[C@@H]3C[C@@H](O[Si](C)(C)C(C)(C)C)[C@@]45C=CO[C@@H](C[C@]4(C)[C@H]3CC[C@]12C)O5. The topological polar surface area (TPSA) is 46.2 Å². The van der Waals surface area contributed by atoms with Gasteiger partial charge in [0.15, 0.2) is 8.32 Å². The zero-order valence-corrected chi connectivity index (χ0v) is 23.1. The number of ether oxygens (including phenoxy) is 4. The lowest BCUT2D eigenvalue weighted by Crippen LogP contribution is -2.66. The number of fused-ring (bicyclic) bond motifs is 5. The fourth-order valence-corrected chi connectivity index (χ4v) is 9.63. The molecule has 0 N–H and O–H groups in total. The summed E-state index contributed by atoms with van der Waals surface area (Å²) in [6.07, 6.45) is 11.3. The van der Waals surface area contributed by atoms with Crippen LogP contribution in [0, 0.1) is 28.6 Å². The van der Waals surface area contributed by atoms with Gasteiger partial charge in [-0.15, -0.1) is 0 Å². The first-order valence-corrected chi connectivity index (χ1v) is 16.1. The van der Waals surface area contributed by atoms with E-state index in [1.165, 1.54) is 19.3 Å². The molecule has 9 atom stereocenters. The average Bonchev–Trinajstić information content (AvgIpc) is 3.16. The zero-order valence-electron chi connectivity index (χ0n) is 22.1. The first kappa shape index (κ1) is 24.3. The molecule has 3 saturated carbocycles. The highest BCUT2D eigenvalue weighted by atomic mass is 28.4. The van der Waals surface area contributed by atoms with Gasteiger partial charge in [0, 0.05) is 18.9 Å². The van der Waals surface area contributed by atoms with Gasteiger partial charge in [-0.1, -0.05) is 34.6 Å². The van der Waals surface area contributed by atoms with Crippen LogP contribution in [0.25, 0.3) is 0 Å². The summed E-state index contributed by atoms with van der Waals surface area (Å²) in [6.45, 7) is 17.2. The number of hydrogen-bond acceptors (Lipinski definition) is 5. The van der Waals surface area contributed by atoms with Crippen molar-refractivity contribution in [3.63, 3.8) is 0 Å². The summed E-state index contributed by atoms with van der Waals surface area (Å²) in [6, 6.07) is 0. The standard InChI is InChI=1S/C27H46O5Si/c1-24(2,3)33(7,8)32-22-15-18-19-9-10-21(30-17-28-6)25(19,4)12-11-20(18)26(5)16-23-29-14-13-27(22,26)31-23/h13-14,18-23H,9-12,15-17H2,1-8H3/t18-,19-,20-,21-,22+,23+,25-,26+,27-/m0/s1. The molecule has 0 amide bonds. The van der Waals surface area contributed by atoms with E-state index in [1.54, 1.807) is 7.11 Å². The van der Waals surface area contributed by atoms with Crippen LogP contribution in [-0.2, 0) is 23.4 Å². The molecule has 1 spiro atoms. The fraction of sp³-hybridized carbons (Fsp3) is 0.926. The molecule has 1 saturated heterocycles. The van der Waals surface area contributed by atoms with Gasteiger partial charge < -0.3 is 23.4 Å². The molecule has 4 fully saturated rings. The summed E-state index contributed by atoms with van der Waals surface area (Å²) in [5.41, 5.74) is -0.110. The van der Waals surface area contributed by atoms with Crippen molar-refractivity contribution < 1.29 is 23.4 Å². The Morgan fingerprint density at radius 1 is 1.06 bits per heavy atom. The highest BCUT2D eigenvalue weighted by Gasteiger charge is 2.72. The Hall–Kier alpha value is -0.403. The molecule has 0 aromatic heterocycles. The molecule has 6 heteroatoms. The van der Waals surface area contributed by atoms with Crippen molar-refractivity contribution in [2.24, 2.45) is 28.6 Å². The molecule has 0 radical (unpaired) electrons. The van der Waals surface area contributed by atoms with Gasteiger partial charge in [0.05, 0.1) is 18.5 Å². The summed E-state index contributed by atoms with van der Waals surface area (Å²) < 4.78 is 31.5. The van der Waals surface area contributed by atoms with Gasteiger partial charge >= 0.3 is 0 Å². The predicted molar refractivity (Wildman–Crippen MR) is 131 cm³/mol. The third kappa shape index (κ3) is 3.37. The van der Waals surface area contributed by atoms with Crippen molar-refractivity contribution in [2.75, 3.05) is 13.9 Å². The van der Waals surface area contributed by atoms with E-state index >= 15 is 0 Å². The van der Waals surface area contributed by atoms with Crippen LogP contribution in [0.3, 0.4) is 0 Å². The highest BCUT2D eigenvalue weighted by molar-refractivity contribution is 6.74. The smallest absolute Gasteiger partial charge is 0.200 e. The molecule has 5 rings (SSSR count). The first-order chi connectivity index (χ1) is 15.4. The van der Waals surface area contributed by atoms with E-state index in [2.05, 4.69) is 53.8 Å². The number of methoxy groups -OCH3 is 1. The Kier molecular flexibility index (Phi) is 5.74. The van der Waals surface area contributed by atoms with Crippen molar-refractivity contribution in [3.8, 4) is 0 Å². The number of hydrogen-bond donors (Lipinski definition) is 0. The largest absolute Gasteiger partial charge is 0.473 e. The molecule has 2 aliphatic heterocycles. The van der Waals surface area contributed by atoms with Crippen molar-refractivity contribution in [1.29, 1.82) is 0 Å². The molecule has 0 aromatic carbocycles. The Morgan fingerprint density at radius 3 is 2.52 bits per heavy atom. The molecule has 188 valence electrons. The predicted octanol–water partition coefficient (Wildman–Crippen LogP) is 6.25. The summed E-state index contributed by atoms with van der Waals surface area (Å²) in [4.78, 5) is 0. The zero-order chi connectivity index (χ0) is 23.9. The maximum Gasteiger partial charge on any atom is 0.200 e. The Morgan fingerprint density at radius 2 is 1.82 bits per heavy atom. The van der Waals surface area contributed by atoms with Crippen LogP contribution in [0.4, 0.5) is 0 Å². The molecular weight excluding hydrogens is 432 g/mol. The molecular formula is C27H46O5Si. The second kappa shape index (κ2) is 7.80. The monoisotopic (exact) mass is 478 g/mol. The molecule has 0 aromatic rings.